The molecule has 1 N–H and O–H groups in total. The molecule has 0 saturated heterocycles. The molecule has 1 aromatic rings. The van der Waals surface area contributed by atoms with E-state index in [0.717, 1.165) is 55.4 Å². The van der Waals surface area contributed by atoms with Crippen LogP contribution < -0.4 is 5.32 Å². The number of nitrogens with one attached hydrogen (secondary N) is 1. The molecule has 27 heavy (non-hydrogen) atoms. The van der Waals surface area contributed by atoms with E-state index in [1.165, 1.54) is 19.3 Å². The molecule has 1 aliphatic heterocycles. The van der Waals surface area contributed by atoms with E-state index < -0.39 is 0 Å². The van der Waals surface area contributed by atoms with Gasteiger partial charge in [-0.25, -0.2) is 4.98 Å². The van der Waals surface area contributed by atoms with Crippen molar-refractivity contribution >= 4 is 11.8 Å². The second kappa shape index (κ2) is 8.11. The van der Waals surface area contributed by atoms with Crippen molar-refractivity contribution in [2.45, 2.75) is 76.3 Å². The van der Waals surface area contributed by atoms with Crippen molar-refractivity contribution in [3.63, 3.8) is 0 Å². The van der Waals surface area contributed by atoms with Crippen LogP contribution in [0.2, 0.25) is 0 Å². The van der Waals surface area contributed by atoms with Crippen LogP contribution in [0.4, 0.5) is 0 Å². The zero-order chi connectivity index (χ0) is 18.6. The molecule has 142 valence electrons. The van der Waals surface area contributed by atoms with E-state index in [4.69, 9.17) is 0 Å². The molecule has 2 heterocycles. The van der Waals surface area contributed by atoms with Gasteiger partial charge >= 0.3 is 0 Å². The Morgan fingerprint density at radius 1 is 1.07 bits per heavy atom. The van der Waals surface area contributed by atoms with Crippen LogP contribution >= 0.6 is 0 Å². The van der Waals surface area contributed by atoms with Gasteiger partial charge in [-0.15, -0.1) is 5.11 Å². The number of hydrogen-bond acceptors (Lipinski definition) is 4. The van der Waals surface area contributed by atoms with Crippen molar-refractivity contribution in [2.24, 2.45) is 10.2 Å². The van der Waals surface area contributed by atoms with Crippen LogP contribution in [0.25, 0.3) is 0 Å². The second-order valence-electron chi connectivity index (χ2n) is 7.77. The minimum absolute atomic E-state index is 0.0956. The Kier molecular flexibility index (Phi) is 5.41. The highest BCUT2D eigenvalue weighted by molar-refractivity contribution is 5.95. The fraction of sp³-hybridized carbons (Fsp3) is 0.571. The molecule has 6 nitrogen and oxygen atoms in total. The maximum absolute atomic E-state index is 12.6. The molecule has 3 aliphatic rings. The zero-order valence-corrected chi connectivity index (χ0v) is 15.6. The number of carbonyl (C=O) groups is 2. The Labute approximate surface area is 159 Å². The standard InChI is InChI=1S/C21H26N4O2/c26-20-17-11-5-4-10-16(17)19(24-25-20)13-15-9-6-12-18(22-15)21(27)23-14-7-2-1-3-8-14/h6,9,12,14,19H,1-5,7-8,10-11,13H2,(H,23,27). The number of azo groups is 1. The lowest BCUT2D eigenvalue weighted by Crippen LogP contribution is -2.36. The van der Waals surface area contributed by atoms with Crippen LogP contribution in [0, 0.1) is 0 Å². The van der Waals surface area contributed by atoms with Gasteiger partial charge in [-0.1, -0.05) is 25.3 Å². The van der Waals surface area contributed by atoms with E-state index in [-0.39, 0.29) is 23.9 Å². The number of aromatic nitrogens is 1. The summed E-state index contributed by atoms with van der Waals surface area (Å²) in [4.78, 5) is 29.1. The predicted molar refractivity (Wildman–Crippen MR) is 101 cm³/mol. The van der Waals surface area contributed by atoms with Gasteiger partial charge in [0.25, 0.3) is 11.8 Å². The molecule has 1 atom stereocenters. The fourth-order valence-corrected chi connectivity index (χ4v) is 4.38. The summed E-state index contributed by atoms with van der Waals surface area (Å²) in [5, 5.41) is 11.2. The number of nitrogens with zero attached hydrogens (tertiary/aromatic N) is 3. The lowest BCUT2D eigenvalue weighted by Gasteiger charge is -2.25. The molecule has 6 heteroatoms. The highest BCUT2D eigenvalue weighted by Gasteiger charge is 2.29. The van der Waals surface area contributed by atoms with E-state index in [9.17, 15) is 9.59 Å². The van der Waals surface area contributed by atoms with Gasteiger partial charge < -0.3 is 5.32 Å². The van der Waals surface area contributed by atoms with Crippen molar-refractivity contribution in [3.8, 4) is 0 Å². The summed E-state index contributed by atoms with van der Waals surface area (Å²) >= 11 is 0. The fourth-order valence-electron chi connectivity index (χ4n) is 4.38. The summed E-state index contributed by atoms with van der Waals surface area (Å²) < 4.78 is 0. The highest BCUT2D eigenvalue weighted by Crippen LogP contribution is 2.33. The van der Waals surface area contributed by atoms with Gasteiger partial charge in [0, 0.05) is 23.7 Å². The first kappa shape index (κ1) is 18.0. The molecule has 1 unspecified atom stereocenters. The minimum Gasteiger partial charge on any atom is -0.348 e. The average Bonchev–Trinajstić information content (AvgIpc) is 2.71. The zero-order valence-electron chi connectivity index (χ0n) is 15.6. The molecule has 0 radical (unpaired) electrons. The summed E-state index contributed by atoms with van der Waals surface area (Å²) in [6.45, 7) is 0. The molecule has 1 fully saturated rings. The molecule has 2 amide bonds. The Balaban J connectivity index is 1.46. The molecule has 1 saturated carbocycles. The monoisotopic (exact) mass is 366 g/mol. The van der Waals surface area contributed by atoms with Crippen LogP contribution in [-0.2, 0) is 11.2 Å². The normalized spacial score (nSPS) is 23.3. The number of carbonyl (C=O) groups excluding carboxylic acids is 2. The van der Waals surface area contributed by atoms with Gasteiger partial charge in [-0.3, -0.25) is 9.59 Å². The van der Waals surface area contributed by atoms with Gasteiger partial charge in [0.1, 0.15) is 5.69 Å². The molecular formula is C21H26N4O2. The lowest BCUT2D eigenvalue weighted by molar-refractivity contribution is -0.115. The SMILES string of the molecule is O=C1N=NC(Cc2cccc(C(=O)NC3CCCCC3)n2)C2=C1CCCC2. The summed E-state index contributed by atoms with van der Waals surface area (Å²) in [7, 11) is 0. The molecule has 1 aromatic heterocycles. The number of amides is 2. The molecule has 4 rings (SSSR count). The third-order valence-electron chi connectivity index (χ3n) is 5.84. The number of pyridine rings is 1. The Morgan fingerprint density at radius 2 is 1.89 bits per heavy atom. The second-order valence-corrected chi connectivity index (χ2v) is 7.77. The first-order valence-electron chi connectivity index (χ1n) is 10.1. The number of rotatable bonds is 4. The van der Waals surface area contributed by atoms with Crippen LogP contribution in [-0.4, -0.2) is 28.9 Å². The molecule has 0 spiro atoms. The molecule has 2 aliphatic carbocycles. The van der Waals surface area contributed by atoms with Gasteiger partial charge in [0.05, 0.1) is 6.04 Å². The third kappa shape index (κ3) is 4.15. The van der Waals surface area contributed by atoms with Crippen LogP contribution in [0.1, 0.15) is 74.0 Å². The Morgan fingerprint density at radius 3 is 2.74 bits per heavy atom. The van der Waals surface area contributed by atoms with E-state index in [1.807, 2.05) is 12.1 Å². The minimum atomic E-state index is -0.172. The molecule has 0 bridgehead atoms. The Hall–Kier alpha value is -2.37. The average molecular weight is 366 g/mol. The maximum atomic E-state index is 12.6. The van der Waals surface area contributed by atoms with Crippen molar-refractivity contribution in [2.75, 3.05) is 0 Å². The van der Waals surface area contributed by atoms with Crippen molar-refractivity contribution in [1.29, 1.82) is 0 Å². The van der Waals surface area contributed by atoms with E-state index in [1.54, 1.807) is 6.07 Å². The van der Waals surface area contributed by atoms with Crippen LogP contribution in [0.5, 0.6) is 0 Å². The van der Waals surface area contributed by atoms with Crippen molar-refractivity contribution in [1.82, 2.24) is 10.3 Å². The maximum Gasteiger partial charge on any atom is 0.291 e. The summed E-state index contributed by atoms with van der Waals surface area (Å²) in [5.41, 5.74) is 3.26. The lowest BCUT2D eigenvalue weighted by atomic mass is 9.85. The van der Waals surface area contributed by atoms with E-state index >= 15 is 0 Å². The van der Waals surface area contributed by atoms with E-state index in [0.29, 0.717) is 12.1 Å². The molecule has 0 aromatic carbocycles. The first-order valence-corrected chi connectivity index (χ1v) is 10.1. The van der Waals surface area contributed by atoms with Gasteiger partial charge in [0.15, 0.2) is 0 Å². The first-order chi connectivity index (χ1) is 13.2. The number of hydrogen-bond donors (Lipinski definition) is 1. The Bertz CT molecular complexity index is 793. The quantitative estimate of drug-likeness (QED) is 0.876. The van der Waals surface area contributed by atoms with Crippen LogP contribution in [0.3, 0.4) is 0 Å². The summed E-state index contributed by atoms with van der Waals surface area (Å²) in [5.74, 6) is -0.267. The summed E-state index contributed by atoms with van der Waals surface area (Å²) in [6.07, 6.45) is 10.2. The smallest absolute Gasteiger partial charge is 0.291 e. The van der Waals surface area contributed by atoms with Crippen LogP contribution in [0.15, 0.2) is 39.6 Å². The summed E-state index contributed by atoms with van der Waals surface area (Å²) in [6, 6.07) is 5.71. The highest BCUT2D eigenvalue weighted by atomic mass is 16.2. The van der Waals surface area contributed by atoms with Gasteiger partial charge in [0.2, 0.25) is 0 Å². The topological polar surface area (TPSA) is 83.8 Å². The third-order valence-corrected chi connectivity index (χ3v) is 5.84. The van der Waals surface area contributed by atoms with Gasteiger partial charge in [-0.2, -0.15) is 5.11 Å². The van der Waals surface area contributed by atoms with Gasteiger partial charge in [-0.05, 0) is 56.2 Å². The molecular weight excluding hydrogens is 340 g/mol. The van der Waals surface area contributed by atoms with Crippen molar-refractivity contribution in [3.05, 3.63) is 40.7 Å². The predicted octanol–water partition coefficient (Wildman–Crippen LogP) is 3.92. The largest absolute Gasteiger partial charge is 0.348 e. The van der Waals surface area contributed by atoms with Crippen molar-refractivity contribution < 1.29 is 9.59 Å². The van der Waals surface area contributed by atoms with E-state index in [2.05, 4.69) is 20.5 Å².